The van der Waals surface area contributed by atoms with E-state index >= 15 is 0 Å². The summed E-state index contributed by atoms with van der Waals surface area (Å²) in [5.74, 6) is 0.418. The quantitative estimate of drug-likeness (QED) is 0.700. The van der Waals surface area contributed by atoms with E-state index in [1.807, 2.05) is 6.07 Å². The number of hydrogen-bond acceptors (Lipinski definition) is 2. The maximum absolute atomic E-state index is 14.5. The van der Waals surface area contributed by atoms with Crippen LogP contribution in [0, 0.1) is 12.7 Å². The number of likely N-dealkylation sites (tertiary alicyclic amines) is 1. The van der Waals surface area contributed by atoms with Gasteiger partial charge in [-0.2, -0.15) is 0 Å². The van der Waals surface area contributed by atoms with Crippen LogP contribution >= 0.6 is 15.9 Å². The highest BCUT2D eigenvalue weighted by molar-refractivity contribution is 9.10. The zero-order valence-corrected chi connectivity index (χ0v) is 17.3. The molecule has 2 nitrogen and oxygen atoms in total. The maximum atomic E-state index is 14.5. The number of benzene rings is 2. The van der Waals surface area contributed by atoms with Gasteiger partial charge in [0.1, 0.15) is 5.82 Å². The fourth-order valence-electron chi connectivity index (χ4n) is 4.79. The Morgan fingerprint density at radius 3 is 2.69 bits per heavy atom. The van der Waals surface area contributed by atoms with E-state index in [1.54, 1.807) is 6.07 Å². The van der Waals surface area contributed by atoms with Crippen molar-refractivity contribution >= 4 is 15.9 Å². The van der Waals surface area contributed by atoms with Gasteiger partial charge in [-0.05, 0) is 62.7 Å². The van der Waals surface area contributed by atoms with Gasteiger partial charge in [0.15, 0.2) is 0 Å². The molecule has 0 amide bonds. The number of halogens is 2. The van der Waals surface area contributed by atoms with Gasteiger partial charge >= 0.3 is 0 Å². The topological polar surface area (TPSA) is 6.48 Å². The monoisotopic (exact) mass is 416 g/mol. The summed E-state index contributed by atoms with van der Waals surface area (Å²) in [6, 6.07) is 12.9. The number of likely N-dealkylation sites (N-methyl/N-ethyl adjacent to an activating group) is 1. The van der Waals surface area contributed by atoms with Crippen LogP contribution in [0.25, 0.3) is 0 Å². The largest absolute Gasteiger partial charge is 0.305 e. The Labute approximate surface area is 164 Å². The number of hydrogen-bond donors (Lipinski definition) is 0. The van der Waals surface area contributed by atoms with Crippen LogP contribution in [0.1, 0.15) is 40.6 Å². The molecule has 138 valence electrons. The molecule has 0 N–H and O–H groups in total. The molecule has 26 heavy (non-hydrogen) atoms. The predicted molar refractivity (Wildman–Crippen MR) is 108 cm³/mol. The SMILES string of the molecule is Cc1cc([C@H]2CN(C3CCc4cccc(F)c43)C[C@@H]2N(C)C)ccc1Br. The maximum Gasteiger partial charge on any atom is 0.128 e. The molecule has 1 aliphatic carbocycles. The van der Waals surface area contributed by atoms with E-state index in [2.05, 4.69) is 71.0 Å². The summed E-state index contributed by atoms with van der Waals surface area (Å²) in [6.45, 7) is 4.13. The van der Waals surface area contributed by atoms with Gasteiger partial charge in [0, 0.05) is 41.1 Å². The average molecular weight is 417 g/mol. The zero-order valence-electron chi connectivity index (χ0n) is 15.7. The lowest BCUT2D eigenvalue weighted by Gasteiger charge is -2.26. The fourth-order valence-corrected chi connectivity index (χ4v) is 5.04. The molecule has 3 atom stereocenters. The molecule has 4 rings (SSSR count). The molecule has 4 heteroatoms. The first-order valence-electron chi connectivity index (χ1n) is 9.39. The van der Waals surface area contributed by atoms with Crippen LogP contribution in [0.4, 0.5) is 4.39 Å². The van der Waals surface area contributed by atoms with E-state index in [0.717, 1.165) is 36.0 Å². The van der Waals surface area contributed by atoms with Gasteiger partial charge in [0.05, 0.1) is 0 Å². The third kappa shape index (κ3) is 3.12. The summed E-state index contributed by atoms with van der Waals surface area (Å²) >= 11 is 3.61. The van der Waals surface area contributed by atoms with Gasteiger partial charge in [-0.15, -0.1) is 0 Å². The second-order valence-corrected chi connectivity index (χ2v) is 8.82. The van der Waals surface area contributed by atoms with Crippen molar-refractivity contribution in [3.63, 3.8) is 0 Å². The lowest BCUT2D eigenvalue weighted by atomic mass is 9.92. The third-order valence-electron chi connectivity index (χ3n) is 6.20. The third-order valence-corrected chi connectivity index (χ3v) is 7.08. The second-order valence-electron chi connectivity index (χ2n) is 7.97. The Morgan fingerprint density at radius 1 is 1.15 bits per heavy atom. The molecule has 2 aliphatic rings. The molecule has 1 saturated heterocycles. The number of rotatable bonds is 3. The lowest BCUT2D eigenvalue weighted by molar-refractivity contribution is 0.213. The Bertz CT molecular complexity index is 820. The van der Waals surface area contributed by atoms with Gasteiger partial charge in [0.2, 0.25) is 0 Å². The molecule has 0 saturated carbocycles. The van der Waals surface area contributed by atoms with Crippen molar-refractivity contribution in [2.24, 2.45) is 0 Å². The number of fused-ring (bicyclic) bond motifs is 1. The molecule has 0 spiro atoms. The summed E-state index contributed by atoms with van der Waals surface area (Å²) < 4.78 is 15.7. The molecule has 1 aliphatic heterocycles. The van der Waals surface area contributed by atoms with Gasteiger partial charge in [-0.1, -0.05) is 40.2 Å². The zero-order chi connectivity index (χ0) is 18.4. The number of aryl methyl sites for hydroxylation is 2. The molecule has 0 bridgehead atoms. The van der Waals surface area contributed by atoms with Crippen LogP contribution in [-0.4, -0.2) is 43.0 Å². The first-order chi connectivity index (χ1) is 12.5. The van der Waals surface area contributed by atoms with Gasteiger partial charge in [-0.25, -0.2) is 4.39 Å². The van der Waals surface area contributed by atoms with E-state index in [9.17, 15) is 4.39 Å². The highest BCUT2D eigenvalue weighted by Crippen LogP contribution is 2.42. The van der Waals surface area contributed by atoms with Crippen molar-refractivity contribution in [1.29, 1.82) is 0 Å². The van der Waals surface area contributed by atoms with E-state index in [1.165, 1.54) is 16.7 Å². The van der Waals surface area contributed by atoms with E-state index in [0.29, 0.717) is 12.0 Å². The lowest BCUT2D eigenvalue weighted by Crippen LogP contribution is -2.35. The summed E-state index contributed by atoms with van der Waals surface area (Å²) in [5, 5.41) is 0. The minimum atomic E-state index is -0.0330. The average Bonchev–Trinajstić information content (AvgIpc) is 3.22. The van der Waals surface area contributed by atoms with E-state index in [4.69, 9.17) is 0 Å². The van der Waals surface area contributed by atoms with Gasteiger partial charge in [-0.3, -0.25) is 4.90 Å². The summed E-state index contributed by atoms with van der Waals surface area (Å²) in [5.41, 5.74) is 4.80. The highest BCUT2D eigenvalue weighted by atomic mass is 79.9. The molecular weight excluding hydrogens is 391 g/mol. The minimum absolute atomic E-state index is 0.0330. The minimum Gasteiger partial charge on any atom is -0.305 e. The smallest absolute Gasteiger partial charge is 0.128 e. The van der Waals surface area contributed by atoms with Crippen molar-refractivity contribution in [1.82, 2.24) is 9.80 Å². The Kier molecular flexibility index (Phi) is 4.93. The van der Waals surface area contributed by atoms with Crippen LogP contribution in [0.2, 0.25) is 0 Å². The number of nitrogens with zero attached hydrogens (tertiary/aromatic N) is 2. The van der Waals surface area contributed by atoms with Crippen LogP contribution < -0.4 is 0 Å². The van der Waals surface area contributed by atoms with E-state index in [-0.39, 0.29) is 11.9 Å². The Hall–Kier alpha value is -1.23. The van der Waals surface area contributed by atoms with Crippen LogP contribution in [0.3, 0.4) is 0 Å². The molecule has 0 radical (unpaired) electrons. The second kappa shape index (κ2) is 7.06. The summed E-state index contributed by atoms with van der Waals surface area (Å²) in [6.07, 6.45) is 2.02. The molecule has 1 heterocycles. The standard InChI is InChI=1S/C22H26BrFN2/c1-14-11-16(7-9-18(14)23)17-12-26(13-21(17)25(2)3)20-10-8-15-5-4-6-19(24)22(15)20/h4-7,9,11,17,20-21H,8,10,12-13H2,1-3H3/t17-,20?,21+/m1/s1. The molecule has 1 unspecified atom stereocenters. The predicted octanol–water partition coefficient (Wildman–Crippen LogP) is 4.91. The Balaban J connectivity index is 1.64. The molecule has 2 aromatic rings. The van der Waals surface area contributed by atoms with Gasteiger partial charge < -0.3 is 4.90 Å². The van der Waals surface area contributed by atoms with Crippen molar-refractivity contribution in [3.05, 3.63) is 68.9 Å². The van der Waals surface area contributed by atoms with Crippen molar-refractivity contribution in [2.75, 3.05) is 27.2 Å². The van der Waals surface area contributed by atoms with Crippen LogP contribution in [0.15, 0.2) is 40.9 Å². The summed E-state index contributed by atoms with van der Waals surface area (Å²) in [4.78, 5) is 4.85. The highest BCUT2D eigenvalue weighted by Gasteiger charge is 2.41. The molecule has 1 fully saturated rings. The Morgan fingerprint density at radius 2 is 1.96 bits per heavy atom. The molecule has 0 aromatic heterocycles. The van der Waals surface area contributed by atoms with Crippen molar-refractivity contribution in [2.45, 2.75) is 37.8 Å². The normalized spacial score (nSPS) is 25.8. The first kappa shape index (κ1) is 18.1. The van der Waals surface area contributed by atoms with Crippen molar-refractivity contribution in [3.8, 4) is 0 Å². The van der Waals surface area contributed by atoms with Crippen LogP contribution in [-0.2, 0) is 6.42 Å². The van der Waals surface area contributed by atoms with E-state index < -0.39 is 0 Å². The molecular formula is C22H26BrFN2. The fraction of sp³-hybridized carbons (Fsp3) is 0.455. The van der Waals surface area contributed by atoms with Crippen LogP contribution in [0.5, 0.6) is 0 Å². The van der Waals surface area contributed by atoms with Gasteiger partial charge in [0.25, 0.3) is 0 Å². The summed E-state index contributed by atoms with van der Waals surface area (Å²) in [7, 11) is 4.33. The first-order valence-corrected chi connectivity index (χ1v) is 10.2. The van der Waals surface area contributed by atoms with Crippen molar-refractivity contribution < 1.29 is 4.39 Å². The molecule has 2 aromatic carbocycles.